The van der Waals surface area contributed by atoms with Crippen LogP contribution in [0, 0.1) is 23.2 Å². The Labute approximate surface area is 116 Å². The zero-order valence-electron chi connectivity index (χ0n) is 9.90. The van der Waals surface area contributed by atoms with Crippen LogP contribution in [0.4, 0.5) is 0 Å². The minimum Gasteiger partial charge on any atom is -0.198 e. The van der Waals surface area contributed by atoms with Crippen molar-refractivity contribution in [1.82, 2.24) is 0 Å². The van der Waals surface area contributed by atoms with Gasteiger partial charge in [-0.1, -0.05) is 22.9 Å². The summed E-state index contributed by atoms with van der Waals surface area (Å²) in [5.41, 5.74) is 0. The van der Waals surface area contributed by atoms with Crippen LogP contribution in [-0.4, -0.2) is 5.25 Å². The number of nitrogens with zero attached hydrogens (tertiary/aromatic N) is 1. The van der Waals surface area contributed by atoms with E-state index in [9.17, 15) is 5.26 Å². The first kappa shape index (κ1) is 13.0. The summed E-state index contributed by atoms with van der Waals surface area (Å²) in [5, 5.41) is 9.66. The molecule has 1 aromatic rings. The van der Waals surface area contributed by atoms with Gasteiger partial charge in [0.1, 0.15) is 0 Å². The van der Waals surface area contributed by atoms with Crippen molar-refractivity contribution in [2.75, 3.05) is 0 Å². The molecule has 2 rings (SSSR count). The molecule has 0 amide bonds. The maximum Gasteiger partial charge on any atom is 0.0667 e. The molecule has 0 N–H and O–H groups in total. The molecule has 3 heteroatoms. The average molecular weight is 310 g/mol. The Morgan fingerprint density at radius 1 is 1.29 bits per heavy atom. The molecule has 90 valence electrons. The lowest BCUT2D eigenvalue weighted by Crippen LogP contribution is -2.24. The van der Waals surface area contributed by atoms with Gasteiger partial charge in [-0.3, -0.25) is 0 Å². The van der Waals surface area contributed by atoms with E-state index in [4.69, 9.17) is 0 Å². The lowest BCUT2D eigenvalue weighted by atomic mass is 9.83. The van der Waals surface area contributed by atoms with Gasteiger partial charge in [0.15, 0.2) is 0 Å². The van der Waals surface area contributed by atoms with Gasteiger partial charge in [0.25, 0.3) is 0 Å². The van der Waals surface area contributed by atoms with Gasteiger partial charge in [0.05, 0.1) is 12.0 Å². The molecule has 0 spiro atoms. The molecular weight excluding hydrogens is 294 g/mol. The molecule has 0 heterocycles. The number of thioether (sulfide) groups is 1. The summed E-state index contributed by atoms with van der Waals surface area (Å²) in [5.74, 6) is 0.979. The number of rotatable bonds is 2. The van der Waals surface area contributed by atoms with Crippen molar-refractivity contribution in [3.63, 3.8) is 0 Å². The highest BCUT2D eigenvalue weighted by Gasteiger charge is 2.29. The molecule has 1 fully saturated rings. The molecule has 1 aromatic carbocycles. The number of halogens is 1. The second-order valence-electron chi connectivity index (χ2n) is 4.76. The van der Waals surface area contributed by atoms with Crippen LogP contribution >= 0.6 is 27.7 Å². The summed E-state index contributed by atoms with van der Waals surface area (Å²) in [4.78, 5) is 1.27. The van der Waals surface area contributed by atoms with Crippen LogP contribution in [0.15, 0.2) is 33.6 Å². The first-order valence-electron chi connectivity index (χ1n) is 6.01. The van der Waals surface area contributed by atoms with Crippen LogP contribution in [0.1, 0.15) is 26.2 Å². The average Bonchev–Trinajstić information content (AvgIpc) is 2.32. The highest BCUT2D eigenvalue weighted by atomic mass is 79.9. The Kier molecular flexibility index (Phi) is 4.53. The standard InChI is InChI=1S/C14H16BrNS/c1-10-2-3-11(9-16)14(8-10)17-13-6-4-12(15)5-7-13/h4-7,10-11,14H,2-3,8H2,1H3. The van der Waals surface area contributed by atoms with Gasteiger partial charge < -0.3 is 0 Å². The van der Waals surface area contributed by atoms with E-state index in [1.54, 1.807) is 0 Å². The number of hydrogen-bond acceptors (Lipinski definition) is 2. The van der Waals surface area contributed by atoms with Gasteiger partial charge in [-0.15, -0.1) is 11.8 Å². The van der Waals surface area contributed by atoms with Gasteiger partial charge in [0.2, 0.25) is 0 Å². The van der Waals surface area contributed by atoms with Crippen molar-refractivity contribution < 1.29 is 0 Å². The molecule has 1 aliphatic rings. The van der Waals surface area contributed by atoms with E-state index >= 15 is 0 Å². The van der Waals surface area contributed by atoms with E-state index in [0.29, 0.717) is 5.25 Å². The molecule has 17 heavy (non-hydrogen) atoms. The summed E-state index contributed by atoms with van der Waals surface area (Å²) < 4.78 is 1.11. The highest BCUT2D eigenvalue weighted by Crippen LogP contribution is 2.39. The zero-order valence-corrected chi connectivity index (χ0v) is 12.3. The Hall–Kier alpha value is -0.460. The van der Waals surface area contributed by atoms with Crippen LogP contribution in [0.2, 0.25) is 0 Å². The molecule has 1 nitrogen and oxygen atoms in total. The second-order valence-corrected chi connectivity index (χ2v) is 6.99. The largest absolute Gasteiger partial charge is 0.198 e. The van der Waals surface area contributed by atoms with Crippen molar-refractivity contribution in [2.24, 2.45) is 11.8 Å². The van der Waals surface area contributed by atoms with Crippen LogP contribution in [0.3, 0.4) is 0 Å². The fraction of sp³-hybridized carbons (Fsp3) is 0.500. The van der Waals surface area contributed by atoms with Gasteiger partial charge in [-0.05, 0) is 49.4 Å². The number of nitriles is 1. The molecule has 0 radical (unpaired) electrons. The van der Waals surface area contributed by atoms with E-state index in [1.165, 1.54) is 17.7 Å². The van der Waals surface area contributed by atoms with E-state index in [-0.39, 0.29) is 5.92 Å². The number of benzene rings is 1. The first-order chi connectivity index (χ1) is 8.19. The molecule has 0 saturated heterocycles. The van der Waals surface area contributed by atoms with Crippen LogP contribution < -0.4 is 0 Å². The van der Waals surface area contributed by atoms with Crippen LogP contribution in [0.25, 0.3) is 0 Å². The molecule has 1 aliphatic carbocycles. The van der Waals surface area contributed by atoms with Crippen molar-refractivity contribution in [3.8, 4) is 6.07 Å². The summed E-state index contributed by atoms with van der Waals surface area (Å²) in [6.45, 7) is 2.29. The predicted octanol–water partition coefficient (Wildman–Crippen LogP) is 4.87. The predicted molar refractivity (Wildman–Crippen MR) is 75.9 cm³/mol. The summed E-state index contributed by atoms with van der Waals surface area (Å²) in [7, 11) is 0. The van der Waals surface area contributed by atoms with Crippen LogP contribution in [0.5, 0.6) is 0 Å². The lowest BCUT2D eigenvalue weighted by Gasteiger charge is -2.30. The fourth-order valence-electron chi connectivity index (χ4n) is 2.29. The van der Waals surface area contributed by atoms with E-state index in [2.05, 4.69) is 53.2 Å². The van der Waals surface area contributed by atoms with E-state index in [0.717, 1.165) is 16.8 Å². The Morgan fingerprint density at radius 3 is 2.65 bits per heavy atom. The Morgan fingerprint density at radius 2 is 2.00 bits per heavy atom. The minimum atomic E-state index is 0.222. The van der Waals surface area contributed by atoms with Crippen molar-refractivity contribution >= 4 is 27.7 Å². The Bertz CT molecular complexity index is 409. The van der Waals surface area contributed by atoms with Crippen molar-refractivity contribution in [2.45, 2.75) is 36.3 Å². The minimum absolute atomic E-state index is 0.222. The quantitative estimate of drug-likeness (QED) is 0.778. The second kappa shape index (κ2) is 5.93. The summed E-state index contributed by atoms with van der Waals surface area (Å²) in [6, 6.07) is 10.9. The lowest BCUT2D eigenvalue weighted by molar-refractivity contribution is 0.346. The Balaban J connectivity index is 2.05. The molecule has 1 saturated carbocycles. The van der Waals surface area contributed by atoms with Crippen molar-refractivity contribution in [1.29, 1.82) is 5.26 Å². The van der Waals surface area contributed by atoms with Gasteiger partial charge >= 0.3 is 0 Å². The molecule has 0 aromatic heterocycles. The van der Waals surface area contributed by atoms with E-state index in [1.807, 2.05) is 11.8 Å². The molecule has 3 atom stereocenters. The fourth-order valence-corrected chi connectivity index (χ4v) is 3.99. The van der Waals surface area contributed by atoms with Gasteiger partial charge in [-0.2, -0.15) is 5.26 Å². The van der Waals surface area contributed by atoms with Gasteiger partial charge in [0, 0.05) is 14.6 Å². The third kappa shape index (κ3) is 3.50. The SMILES string of the molecule is CC1CCC(C#N)C(Sc2ccc(Br)cc2)C1. The summed E-state index contributed by atoms with van der Waals surface area (Å²) in [6.07, 6.45) is 3.43. The topological polar surface area (TPSA) is 23.8 Å². The summed E-state index contributed by atoms with van der Waals surface area (Å²) >= 11 is 5.31. The highest BCUT2D eigenvalue weighted by molar-refractivity contribution is 9.10. The van der Waals surface area contributed by atoms with E-state index < -0.39 is 0 Å². The third-order valence-electron chi connectivity index (χ3n) is 3.32. The van der Waals surface area contributed by atoms with Gasteiger partial charge in [-0.25, -0.2) is 0 Å². The maximum atomic E-state index is 9.20. The molecular formula is C14H16BrNS. The van der Waals surface area contributed by atoms with Crippen LogP contribution in [-0.2, 0) is 0 Å². The third-order valence-corrected chi connectivity index (χ3v) is 5.22. The first-order valence-corrected chi connectivity index (χ1v) is 7.68. The molecule has 0 aliphatic heterocycles. The maximum absolute atomic E-state index is 9.20. The monoisotopic (exact) mass is 309 g/mol. The number of hydrogen-bond donors (Lipinski definition) is 0. The normalized spacial score (nSPS) is 28.6. The molecule has 0 bridgehead atoms. The zero-order chi connectivity index (χ0) is 12.3. The van der Waals surface area contributed by atoms with Crippen molar-refractivity contribution in [3.05, 3.63) is 28.7 Å². The molecule has 3 unspecified atom stereocenters. The smallest absolute Gasteiger partial charge is 0.0667 e.